The average molecular weight is 192 g/mol. The van der Waals surface area contributed by atoms with Crippen molar-refractivity contribution in [2.24, 2.45) is 0 Å². The van der Waals surface area contributed by atoms with Crippen LogP contribution in [0.2, 0.25) is 13.1 Å². The fourth-order valence-electron chi connectivity index (χ4n) is 1.33. The van der Waals surface area contributed by atoms with Crippen molar-refractivity contribution in [3.63, 3.8) is 0 Å². The Balaban J connectivity index is 2.87. The van der Waals surface area contributed by atoms with Gasteiger partial charge in [0.05, 0.1) is 5.76 Å². The lowest BCUT2D eigenvalue weighted by atomic mass is 10.4. The van der Waals surface area contributed by atoms with Crippen LogP contribution in [0.5, 0.6) is 0 Å². The molecule has 0 atom stereocenters. The van der Waals surface area contributed by atoms with Gasteiger partial charge in [0, 0.05) is 0 Å². The average Bonchev–Trinajstić information content (AvgIpc) is 2.04. The molecule has 1 nitrogen and oxygen atoms in total. The summed E-state index contributed by atoms with van der Waals surface area (Å²) in [5.41, 5.74) is 0. The first kappa shape index (κ1) is 10.1. The van der Waals surface area contributed by atoms with E-state index in [2.05, 4.69) is 31.8 Å². The third kappa shape index (κ3) is 2.74. The normalized spacial score (nSPS) is 11.0. The summed E-state index contributed by atoms with van der Waals surface area (Å²) in [6.45, 7) is 10.0. The summed E-state index contributed by atoms with van der Waals surface area (Å²) in [4.78, 5) is 0. The molecule has 1 aromatic carbocycles. The SMILES string of the molecule is C=C(C)O[Si](C)(C)c1ccccc1. The molecule has 0 aliphatic rings. The Bertz CT molecular complexity index is 290. The Kier molecular flexibility index (Phi) is 2.93. The van der Waals surface area contributed by atoms with Crippen LogP contribution in [0.1, 0.15) is 6.92 Å². The first-order valence-corrected chi connectivity index (χ1v) is 7.33. The maximum atomic E-state index is 5.77. The fraction of sp³-hybridized carbons (Fsp3) is 0.273. The van der Waals surface area contributed by atoms with Crippen LogP contribution in [-0.2, 0) is 4.43 Å². The van der Waals surface area contributed by atoms with Gasteiger partial charge in [-0.2, -0.15) is 0 Å². The molecule has 1 rings (SSSR count). The summed E-state index contributed by atoms with van der Waals surface area (Å²) >= 11 is 0. The molecular weight excluding hydrogens is 176 g/mol. The molecule has 0 amide bonds. The molecule has 0 N–H and O–H groups in total. The molecule has 0 unspecified atom stereocenters. The maximum Gasteiger partial charge on any atom is 0.276 e. The topological polar surface area (TPSA) is 9.23 Å². The molecule has 0 saturated heterocycles. The Labute approximate surface area is 81.2 Å². The van der Waals surface area contributed by atoms with Crippen molar-refractivity contribution in [1.29, 1.82) is 0 Å². The fourth-order valence-corrected chi connectivity index (χ4v) is 3.32. The number of hydrogen-bond donors (Lipinski definition) is 0. The van der Waals surface area contributed by atoms with Gasteiger partial charge < -0.3 is 4.43 Å². The molecular formula is C11H16OSi. The van der Waals surface area contributed by atoms with E-state index in [9.17, 15) is 0 Å². The maximum absolute atomic E-state index is 5.77. The molecule has 1 aromatic rings. The van der Waals surface area contributed by atoms with Crippen LogP contribution >= 0.6 is 0 Å². The predicted octanol–water partition coefficient (Wildman–Crippen LogP) is 2.65. The Morgan fingerprint density at radius 2 is 1.77 bits per heavy atom. The number of allylic oxidation sites excluding steroid dienone is 1. The van der Waals surface area contributed by atoms with Gasteiger partial charge in [-0.3, -0.25) is 0 Å². The van der Waals surface area contributed by atoms with Gasteiger partial charge in [-0.15, -0.1) is 0 Å². The van der Waals surface area contributed by atoms with E-state index in [1.807, 2.05) is 25.1 Å². The highest BCUT2D eigenvalue weighted by molar-refractivity contribution is 6.84. The van der Waals surface area contributed by atoms with Crippen LogP contribution in [0.15, 0.2) is 42.7 Å². The number of rotatable bonds is 3. The summed E-state index contributed by atoms with van der Waals surface area (Å²) in [6, 6.07) is 10.4. The van der Waals surface area contributed by atoms with Gasteiger partial charge in [0.15, 0.2) is 0 Å². The molecule has 2 heteroatoms. The minimum Gasteiger partial charge on any atom is -0.543 e. The molecule has 0 aromatic heterocycles. The molecule has 0 fully saturated rings. The van der Waals surface area contributed by atoms with Crippen molar-refractivity contribution in [1.82, 2.24) is 0 Å². The van der Waals surface area contributed by atoms with E-state index in [1.54, 1.807) is 0 Å². The zero-order chi connectivity index (χ0) is 9.90. The van der Waals surface area contributed by atoms with Crippen LogP contribution in [0.25, 0.3) is 0 Å². The van der Waals surface area contributed by atoms with Crippen molar-refractivity contribution in [2.45, 2.75) is 20.0 Å². The van der Waals surface area contributed by atoms with Gasteiger partial charge in [-0.05, 0) is 25.2 Å². The van der Waals surface area contributed by atoms with Gasteiger partial charge in [0.25, 0.3) is 8.32 Å². The van der Waals surface area contributed by atoms with Crippen molar-refractivity contribution < 1.29 is 4.43 Å². The molecule has 0 saturated carbocycles. The molecule has 0 aliphatic carbocycles. The standard InChI is InChI=1S/C11H16OSi/c1-10(2)12-13(3,4)11-8-6-5-7-9-11/h5-9H,1H2,2-4H3. The van der Waals surface area contributed by atoms with E-state index in [4.69, 9.17) is 4.43 Å². The Hall–Kier alpha value is -1.02. The summed E-state index contributed by atoms with van der Waals surface area (Å²) in [5, 5.41) is 1.30. The van der Waals surface area contributed by atoms with Crippen molar-refractivity contribution in [3.05, 3.63) is 42.7 Å². The van der Waals surface area contributed by atoms with E-state index in [0.717, 1.165) is 5.76 Å². The second-order valence-corrected chi connectivity index (χ2v) is 7.48. The van der Waals surface area contributed by atoms with Gasteiger partial charge in [-0.25, -0.2) is 0 Å². The van der Waals surface area contributed by atoms with Crippen LogP contribution in [0.4, 0.5) is 0 Å². The summed E-state index contributed by atoms with van der Waals surface area (Å²) in [6.07, 6.45) is 0. The summed E-state index contributed by atoms with van der Waals surface area (Å²) < 4.78 is 5.77. The van der Waals surface area contributed by atoms with Gasteiger partial charge >= 0.3 is 0 Å². The highest BCUT2D eigenvalue weighted by atomic mass is 28.4. The minimum atomic E-state index is -1.74. The van der Waals surface area contributed by atoms with Crippen molar-refractivity contribution in [2.75, 3.05) is 0 Å². The van der Waals surface area contributed by atoms with Crippen LogP contribution in [0, 0.1) is 0 Å². The van der Waals surface area contributed by atoms with Crippen molar-refractivity contribution in [3.8, 4) is 0 Å². The zero-order valence-electron chi connectivity index (χ0n) is 8.50. The largest absolute Gasteiger partial charge is 0.543 e. The second kappa shape index (κ2) is 3.79. The zero-order valence-corrected chi connectivity index (χ0v) is 9.50. The third-order valence-corrected chi connectivity index (χ3v) is 4.48. The van der Waals surface area contributed by atoms with E-state index in [1.165, 1.54) is 5.19 Å². The Morgan fingerprint density at radius 3 is 2.23 bits per heavy atom. The van der Waals surface area contributed by atoms with E-state index in [0.29, 0.717) is 0 Å². The monoisotopic (exact) mass is 192 g/mol. The first-order chi connectivity index (χ1) is 6.02. The van der Waals surface area contributed by atoms with Crippen molar-refractivity contribution >= 4 is 13.5 Å². The number of hydrogen-bond acceptors (Lipinski definition) is 1. The molecule has 0 heterocycles. The lowest BCUT2D eigenvalue weighted by Crippen LogP contribution is -2.43. The molecule has 0 spiro atoms. The first-order valence-electron chi connectivity index (χ1n) is 4.42. The van der Waals surface area contributed by atoms with Crippen LogP contribution in [0.3, 0.4) is 0 Å². The predicted molar refractivity (Wildman–Crippen MR) is 59.5 cm³/mol. The smallest absolute Gasteiger partial charge is 0.276 e. The third-order valence-electron chi connectivity index (χ3n) is 1.90. The molecule has 0 radical (unpaired) electrons. The highest BCUT2D eigenvalue weighted by Gasteiger charge is 2.26. The lowest BCUT2D eigenvalue weighted by Gasteiger charge is -2.24. The van der Waals surface area contributed by atoms with Crippen LogP contribution in [-0.4, -0.2) is 8.32 Å². The van der Waals surface area contributed by atoms with Crippen LogP contribution < -0.4 is 5.19 Å². The van der Waals surface area contributed by atoms with E-state index < -0.39 is 8.32 Å². The van der Waals surface area contributed by atoms with E-state index in [-0.39, 0.29) is 0 Å². The quantitative estimate of drug-likeness (QED) is 0.528. The molecule has 13 heavy (non-hydrogen) atoms. The lowest BCUT2D eigenvalue weighted by molar-refractivity contribution is 0.433. The highest BCUT2D eigenvalue weighted by Crippen LogP contribution is 2.09. The molecule has 70 valence electrons. The number of benzene rings is 1. The summed E-state index contributed by atoms with van der Waals surface area (Å²) in [7, 11) is -1.74. The summed E-state index contributed by atoms with van der Waals surface area (Å²) in [5.74, 6) is 0.806. The van der Waals surface area contributed by atoms with Gasteiger partial charge in [0.1, 0.15) is 0 Å². The van der Waals surface area contributed by atoms with Gasteiger partial charge in [-0.1, -0.05) is 36.9 Å². The molecule has 0 bridgehead atoms. The molecule has 0 aliphatic heterocycles. The minimum absolute atomic E-state index is 0.806. The Morgan fingerprint density at radius 1 is 1.23 bits per heavy atom. The second-order valence-electron chi connectivity index (χ2n) is 3.68. The van der Waals surface area contributed by atoms with Gasteiger partial charge in [0.2, 0.25) is 0 Å². The van der Waals surface area contributed by atoms with E-state index >= 15 is 0 Å².